The van der Waals surface area contributed by atoms with Crippen molar-refractivity contribution in [2.45, 2.75) is 25.0 Å². The Morgan fingerprint density at radius 2 is 1.94 bits per heavy atom. The summed E-state index contributed by atoms with van der Waals surface area (Å²) in [6.45, 7) is 4.52. The van der Waals surface area contributed by atoms with Crippen LogP contribution >= 0.6 is 0 Å². The van der Waals surface area contributed by atoms with Crippen molar-refractivity contribution in [3.8, 4) is 11.5 Å². The van der Waals surface area contributed by atoms with Crippen LogP contribution in [0.2, 0.25) is 0 Å². The van der Waals surface area contributed by atoms with Gasteiger partial charge in [-0.15, -0.1) is 6.58 Å². The predicted molar refractivity (Wildman–Crippen MR) is 112 cm³/mol. The van der Waals surface area contributed by atoms with E-state index in [4.69, 9.17) is 9.47 Å². The van der Waals surface area contributed by atoms with Crippen LogP contribution in [0.1, 0.15) is 18.1 Å². The standard InChI is InChI=1S/C23H24F2N2O5/c1-4-5-14-6-9-19(20(10-14)31-3)32-13-16(28)12-27-21(29)23(2,26-22(27)30)15-7-8-17(24)18(25)11-15/h4,6-11,16,28H,1,5,12-13H2,2-3H3,(H,26,30). The van der Waals surface area contributed by atoms with Gasteiger partial charge < -0.3 is 19.9 Å². The van der Waals surface area contributed by atoms with E-state index in [0.717, 1.165) is 22.6 Å². The minimum absolute atomic E-state index is 0.0901. The Balaban J connectivity index is 1.67. The number of aliphatic hydroxyl groups excluding tert-OH is 1. The molecule has 1 aliphatic heterocycles. The first-order valence-electron chi connectivity index (χ1n) is 9.88. The summed E-state index contributed by atoms with van der Waals surface area (Å²) in [7, 11) is 1.49. The Morgan fingerprint density at radius 3 is 2.59 bits per heavy atom. The molecule has 3 amide bonds. The Labute approximate surface area is 184 Å². The fourth-order valence-corrected chi connectivity index (χ4v) is 3.44. The zero-order chi connectivity index (χ0) is 23.5. The minimum atomic E-state index is -1.59. The lowest BCUT2D eigenvalue weighted by atomic mass is 9.92. The smallest absolute Gasteiger partial charge is 0.325 e. The molecule has 1 saturated heterocycles. The first-order valence-corrected chi connectivity index (χ1v) is 9.88. The number of allylic oxidation sites excluding steroid dienone is 1. The number of rotatable bonds is 9. The number of β-amino-alcohol motifs (C(OH)–C–C–N with tert-alkyl or cyclic N) is 1. The quantitative estimate of drug-likeness (QED) is 0.457. The molecule has 0 spiro atoms. The molecule has 3 rings (SSSR count). The molecular formula is C23H24F2N2O5. The van der Waals surface area contributed by atoms with Crippen molar-refractivity contribution >= 4 is 11.9 Å². The molecule has 1 fully saturated rings. The molecule has 1 aliphatic rings. The van der Waals surface area contributed by atoms with Crippen molar-refractivity contribution in [3.05, 3.63) is 71.8 Å². The second-order valence-corrected chi connectivity index (χ2v) is 7.54. The van der Waals surface area contributed by atoms with Gasteiger partial charge in [0.25, 0.3) is 5.91 Å². The van der Waals surface area contributed by atoms with Gasteiger partial charge in [-0.1, -0.05) is 18.2 Å². The molecule has 2 N–H and O–H groups in total. The molecule has 0 aromatic heterocycles. The predicted octanol–water partition coefficient (Wildman–Crippen LogP) is 2.91. The Bertz CT molecular complexity index is 1050. The van der Waals surface area contributed by atoms with E-state index in [1.165, 1.54) is 20.1 Å². The van der Waals surface area contributed by atoms with Crippen molar-refractivity contribution in [2.24, 2.45) is 0 Å². The van der Waals surface area contributed by atoms with Crippen LogP contribution in [-0.4, -0.2) is 48.3 Å². The van der Waals surface area contributed by atoms with Gasteiger partial charge in [0, 0.05) is 0 Å². The van der Waals surface area contributed by atoms with Crippen LogP contribution in [0.4, 0.5) is 13.6 Å². The zero-order valence-electron chi connectivity index (χ0n) is 17.7. The van der Waals surface area contributed by atoms with Gasteiger partial charge in [-0.25, -0.2) is 13.6 Å². The molecular weight excluding hydrogens is 422 g/mol. The number of hydrogen-bond donors (Lipinski definition) is 2. The molecule has 0 radical (unpaired) electrons. The van der Waals surface area contributed by atoms with E-state index in [9.17, 15) is 23.5 Å². The lowest BCUT2D eigenvalue weighted by Gasteiger charge is -2.23. The summed E-state index contributed by atoms with van der Waals surface area (Å²) in [6.07, 6.45) is 1.21. The average Bonchev–Trinajstić information content (AvgIpc) is 2.98. The van der Waals surface area contributed by atoms with Gasteiger partial charge in [0.1, 0.15) is 18.2 Å². The highest BCUT2D eigenvalue weighted by Crippen LogP contribution is 2.31. The van der Waals surface area contributed by atoms with Crippen molar-refractivity contribution in [3.63, 3.8) is 0 Å². The second-order valence-electron chi connectivity index (χ2n) is 7.54. The highest BCUT2D eigenvalue weighted by molar-refractivity contribution is 6.07. The molecule has 2 aromatic carbocycles. The average molecular weight is 446 g/mol. The van der Waals surface area contributed by atoms with Crippen LogP contribution < -0.4 is 14.8 Å². The van der Waals surface area contributed by atoms with Gasteiger partial charge in [0.15, 0.2) is 23.1 Å². The van der Waals surface area contributed by atoms with Gasteiger partial charge in [0.05, 0.1) is 13.7 Å². The summed E-state index contributed by atoms with van der Waals surface area (Å²) in [5, 5.41) is 12.8. The van der Waals surface area contributed by atoms with E-state index in [0.29, 0.717) is 17.9 Å². The van der Waals surface area contributed by atoms with Crippen LogP contribution in [0.5, 0.6) is 11.5 Å². The first-order chi connectivity index (χ1) is 15.2. The molecule has 7 nitrogen and oxygen atoms in total. The van der Waals surface area contributed by atoms with E-state index < -0.39 is 35.2 Å². The van der Waals surface area contributed by atoms with Crippen LogP contribution in [0.3, 0.4) is 0 Å². The topological polar surface area (TPSA) is 88.1 Å². The first kappa shape index (κ1) is 23.2. The monoisotopic (exact) mass is 446 g/mol. The SMILES string of the molecule is C=CCc1ccc(OCC(O)CN2C(=O)NC(C)(c3ccc(F)c(F)c3)C2=O)c(OC)c1. The lowest BCUT2D eigenvalue weighted by molar-refractivity contribution is -0.132. The molecule has 9 heteroatoms. The summed E-state index contributed by atoms with van der Waals surface area (Å²) < 4.78 is 37.8. The van der Waals surface area contributed by atoms with Crippen LogP contribution in [0, 0.1) is 11.6 Å². The second kappa shape index (κ2) is 9.35. The highest BCUT2D eigenvalue weighted by Gasteiger charge is 2.49. The number of methoxy groups -OCH3 is 1. The molecule has 2 unspecified atom stereocenters. The number of hydrogen-bond acceptors (Lipinski definition) is 5. The van der Waals surface area contributed by atoms with E-state index in [1.54, 1.807) is 18.2 Å². The minimum Gasteiger partial charge on any atom is -0.493 e. The maximum absolute atomic E-state index is 13.6. The molecule has 0 bridgehead atoms. The largest absolute Gasteiger partial charge is 0.493 e. The lowest BCUT2D eigenvalue weighted by Crippen LogP contribution is -2.42. The van der Waals surface area contributed by atoms with Crippen LogP contribution in [0.15, 0.2) is 49.1 Å². The van der Waals surface area contributed by atoms with E-state index >= 15 is 0 Å². The number of urea groups is 1. The Morgan fingerprint density at radius 1 is 1.19 bits per heavy atom. The van der Waals surface area contributed by atoms with Crippen molar-refractivity contribution in [1.29, 1.82) is 0 Å². The molecule has 170 valence electrons. The maximum atomic E-state index is 13.6. The summed E-state index contributed by atoms with van der Waals surface area (Å²) in [5.41, 5.74) is -0.524. The van der Waals surface area contributed by atoms with E-state index in [2.05, 4.69) is 11.9 Å². The molecule has 0 saturated carbocycles. The van der Waals surface area contributed by atoms with Gasteiger partial charge in [0.2, 0.25) is 0 Å². The number of nitrogens with zero attached hydrogens (tertiary/aromatic N) is 1. The molecule has 0 aliphatic carbocycles. The number of benzene rings is 2. The maximum Gasteiger partial charge on any atom is 0.325 e. The summed E-state index contributed by atoms with van der Waals surface area (Å²) in [5.74, 6) is -2.03. The fraction of sp³-hybridized carbons (Fsp3) is 0.304. The molecule has 1 heterocycles. The van der Waals surface area contributed by atoms with E-state index in [-0.39, 0.29) is 18.7 Å². The van der Waals surface area contributed by atoms with Gasteiger partial charge in [-0.05, 0) is 48.7 Å². The summed E-state index contributed by atoms with van der Waals surface area (Å²) in [4.78, 5) is 26.1. The van der Waals surface area contributed by atoms with Crippen LogP contribution in [-0.2, 0) is 16.8 Å². The molecule has 32 heavy (non-hydrogen) atoms. The number of amides is 3. The third-order valence-electron chi connectivity index (χ3n) is 5.20. The molecule has 2 aromatic rings. The van der Waals surface area contributed by atoms with Crippen molar-refractivity contribution in [1.82, 2.24) is 10.2 Å². The van der Waals surface area contributed by atoms with Crippen molar-refractivity contribution in [2.75, 3.05) is 20.3 Å². The zero-order valence-corrected chi connectivity index (χ0v) is 17.7. The Kier molecular flexibility index (Phi) is 6.78. The summed E-state index contributed by atoms with van der Waals surface area (Å²) in [6, 6.07) is 7.52. The third kappa shape index (κ3) is 4.57. The van der Waals surface area contributed by atoms with Gasteiger partial charge in [-0.2, -0.15) is 0 Å². The number of aliphatic hydroxyl groups is 1. The number of ether oxygens (including phenoxy) is 2. The Hall–Kier alpha value is -3.46. The molecule has 2 atom stereocenters. The number of carbonyl (C=O) groups excluding carboxylic acids is 2. The normalized spacial score (nSPS) is 19.0. The number of nitrogens with one attached hydrogen (secondary N) is 1. The van der Waals surface area contributed by atoms with Gasteiger partial charge >= 0.3 is 6.03 Å². The fourth-order valence-electron chi connectivity index (χ4n) is 3.44. The van der Waals surface area contributed by atoms with E-state index in [1.807, 2.05) is 6.07 Å². The van der Waals surface area contributed by atoms with Crippen LogP contribution in [0.25, 0.3) is 0 Å². The highest BCUT2D eigenvalue weighted by atomic mass is 19.2. The third-order valence-corrected chi connectivity index (χ3v) is 5.20. The summed E-state index contributed by atoms with van der Waals surface area (Å²) >= 11 is 0. The number of imide groups is 1. The van der Waals surface area contributed by atoms with Crippen molar-refractivity contribution < 1.29 is 33.0 Å². The van der Waals surface area contributed by atoms with Gasteiger partial charge in [-0.3, -0.25) is 9.69 Å². The number of halogens is 2. The number of carbonyl (C=O) groups is 2.